The van der Waals surface area contributed by atoms with E-state index in [2.05, 4.69) is 10.6 Å². The van der Waals surface area contributed by atoms with E-state index in [1.165, 1.54) is 42.5 Å². The molecule has 0 aliphatic rings. The summed E-state index contributed by atoms with van der Waals surface area (Å²) in [6.45, 7) is 0. The number of fused-ring (bicyclic) bond motifs is 1. The lowest BCUT2D eigenvalue weighted by Gasteiger charge is -2.22. The van der Waals surface area contributed by atoms with Crippen LogP contribution in [0.3, 0.4) is 0 Å². The van der Waals surface area contributed by atoms with Gasteiger partial charge in [0.15, 0.2) is 0 Å². The van der Waals surface area contributed by atoms with Crippen LogP contribution in [0.15, 0.2) is 82.0 Å². The fraction of sp³-hybridized carbons (Fsp3) is 0.172. The van der Waals surface area contributed by atoms with Crippen LogP contribution in [0.1, 0.15) is 21.5 Å². The van der Waals surface area contributed by atoms with Crippen LogP contribution in [0.25, 0.3) is 11.0 Å². The van der Waals surface area contributed by atoms with Crippen molar-refractivity contribution in [2.24, 2.45) is 0 Å². The second kappa shape index (κ2) is 12.6. The number of nitrogens with zero attached hydrogens (tertiary/aromatic N) is 1. The Morgan fingerprint density at radius 1 is 0.881 bits per heavy atom. The number of carbonyl (C=O) groups excluding carboxylic acids is 3. The highest BCUT2D eigenvalue weighted by atomic mass is 16.6. The summed E-state index contributed by atoms with van der Waals surface area (Å²) < 4.78 is 10.00. The highest BCUT2D eigenvalue weighted by Crippen LogP contribution is 2.21. The molecule has 2 atom stereocenters. The summed E-state index contributed by atoms with van der Waals surface area (Å²) in [5.41, 5.74) is -0.656. The van der Waals surface area contributed by atoms with Crippen molar-refractivity contribution >= 4 is 34.4 Å². The second-order valence-corrected chi connectivity index (χ2v) is 9.28. The molecule has 0 aliphatic carbocycles. The van der Waals surface area contributed by atoms with Crippen LogP contribution in [0.4, 0.5) is 5.69 Å². The van der Waals surface area contributed by atoms with Crippen LogP contribution in [0, 0.1) is 10.1 Å². The predicted molar refractivity (Wildman–Crippen MR) is 148 cm³/mol. The molecule has 0 bridgehead atoms. The number of methoxy groups -OCH3 is 1. The molecule has 0 aliphatic heterocycles. The Balaban J connectivity index is 1.63. The van der Waals surface area contributed by atoms with Gasteiger partial charge < -0.3 is 30.0 Å². The number of phenols is 2. The molecule has 13 nitrogen and oxygen atoms in total. The average molecular weight is 576 g/mol. The highest BCUT2D eigenvalue weighted by molar-refractivity contribution is 6.00. The third-order valence-corrected chi connectivity index (χ3v) is 6.35. The molecule has 2 amide bonds. The number of esters is 1. The number of hydrogen-bond acceptors (Lipinski definition) is 10. The van der Waals surface area contributed by atoms with Gasteiger partial charge in [-0.15, -0.1) is 0 Å². The maximum Gasteiger partial charge on any atom is 0.349 e. The zero-order valence-electron chi connectivity index (χ0n) is 22.1. The third-order valence-electron chi connectivity index (χ3n) is 6.35. The summed E-state index contributed by atoms with van der Waals surface area (Å²) in [5, 5.41) is 35.5. The number of nitro benzene ring substituents is 1. The van der Waals surface area contributed by atoms with Gasteiger partial charge in [-0.1, -0.05) is 24.3 Å². The first-order valence-corrected chi connectivity index (χ1v) is 12.5. The van der Waals surface area contributed by atoms with Gasteiger partial charge >= 0.3 is 11.6 Å². The van der Waals surface area contributed by atoms with Gasteiger partial charge in [0.1, 0.15) is 34.7 Å². The summed E-state index contributed by atoms with van der Waals surface area (Å²) in [4.78, 5) is 62.4. The number of nitro groups is 1. The molecular weight excluding hydrogens is 550 g/mol. The lowest BCUT2D eigenvalue weighted by atomic mass is 10.0. The molecule has 4 aromatic rings. The first-order valence-electron chi connectivity index (χ1n) is 12.5. The van der Waals surface area contributed by atoms with Gasteiger partial charge in [-0.25, -0.2) is 9.59 Å². The highest BCUT2D eigenvalue weighted by Gasteiger charge is 2.29. The maximum atomic E-state index is 13.5. The zero-order valence-corrected chi connectivity index (χ0v) is 22.1. The molecule has 216 valence electrons. The van der Waals surface area contributed by atoms with Crippen LogP contribution in [0.5, 0.6) is 11.5 Å². The minimum Gasteiger partial charge on any atom is -0.508 e. The minimum atomic E-state index is -1.32. The molecule has 3 aromatic carbocycles. The summed E-state index contributed by atoms with van der Waals surface area (Å²) in [6, 6.07) is 14.0. The molecule has 0 spiro atoms. The molecule has 0 radical (unpaired) electrons. The Kier molecular flexibility index (Phi) is 8.81. The first kappa shape index (κ1) is 29.3. The fourth-order valence-electron chi connectivity index (χ4n) is 4.17. The smallest absolute Gasteiger partial charge is 0.349 e. The topological polar surface area (TPSA) is 198 Å². The fourth-order valence-corrected chi connectivity index (χ4v) is 4.17. The molecular formula is C29H25N3O10. The minimum absolute atomic E-state index is 0.00557. The van der Waals surface area contributed by atoms with Crippen molar-refractivity contribution in [1.29, 1.82) is 0 Å². The molecule has 4 rings (SSSR count). The Labute approximate surface area is 237 Å². The van der Waals surface area contributed by atoms with Crippen molar-refractivity contribution in [3.8, 4) is 11.5 Å². The summed E-state index contributed by atoms with van der Waals surface area (Å²) in [6.07, 6.45) is -0.0963. The van der Waals surface area contributed by atoms with Crippen molar-refractivity contribution in [2.75, 3.05) is 7.11 Å². The van der Waals surface area contributed by atoms with Gasteiger partial charge in [0, 0.05) is 30.4 Å². The van der Waals surface area contributed by atoms with Crippen LogP contribution >= 0.6 is 0 Å². The monoisotopic (exact) mass is 575 g/mol. The van der Waals surface area contributed by atoms with E-state index < -0.39 is 46.0 Å². The van der Waals surface area contributed by atoms with E-state index in [1.807, 2.05) is 0 Å². The molecule has 0 fully saturated rings. The number of rotatable bonds is 10. The number of benzene rings is 3. The van der Waals surface area contributed by atoms with E-state index in [-0.39, 0.29) is 41.0 Å². The Hall–Kier alpha value is -5.72. The van der Waals surface area contributed by atoms with E-state index in [1.54, 1.807) is 12.1 Å². The molecule has 13 heteroatoms. The van der Waals surface area contributed by atoms with E-state index in [0.717, 1.165) is 25.3 Å². The number of nitrogens with one attached hydrogen (secondary N) is 2. The second-order valence-electron chi connectivity index (χ2n) is 9.28. The SMILES string of the molecule is COC(=O)[C@H](Cc1ccc(O)cc1)NC(=O)[C@H](Cc1ccc(O)cc1)NC(=O)c1cc2cc([N+](=O)[O-])ccc2oc1=O. The number of aromatic hydroxyl groups is 2. The standard InChI is InChI=1S/C29H25N3O10/c1-41-29(38)24(13-17-4-9-21(34)10-5-17)31-27(36)23(12-16-2-7-20(33)8-3-16)30-26(35)22-15-18-14-19(32(39)40)6-11-25(18)42-28(22)37/h2-11,14-15,23-24,33-34H,12-13H2,1H3,(H,30,35)(H,31,36)/t23-,24-/m0/s1. The number of amides is 2. The molecule has 42 heavy (non-hydrogen) atoms. The number of carbonyl (C=O) groups is 3. The summed E-state index contributed by atoms with van der Waals surface area (Å²) in [7, 11) is 1.15. The largest absolute Gasteiger partial charge is 0.508 e. The number of hydrogen-bond donors (Lipinski definition) is 4. The molecule has 0 unspecified atom stereocenters. The van der Waals surface area contributed by atoms with Gasteiger partial charge in [-0.05, 0) is 47.5 Å². The van der Waals surface area contributed by atoms with Crippen molar-refractivity contribution in [3.05, 3.63) is 110 Å². The van der Waals surface area contributed by atoms with Gasteiger partial charge in [0.05, 0.1) is 12.0 Å². The lowest BCUT2D eigenvalue weighted by molar-refractivity contribution is -0.384. The van der Waals surface area contributed by atoms with Crippen LogP contribution < -0.4 is 16.3 Å². The number of ether oxygens (including phenoxy) is 1. The van der Waals surface area contributed by atoms with E-state index in [4.69, 9.17) is 9.15 Å². The van der Waals surface area contributed by atoms with Crippen LogP contribution in [0.2, 0.25) is 0 Å². The van der Waals surface area contributed by atoms with Gasteiger partial charge in [0.2, 0.25) is 5.91 Å². The van der Waals surface area contributed by atoms with Crippen molar-refractivity contribution in [3.63, 3.8) is 0 Å². The Morgan fingerprint density at radius 3 is 2.00 bits per heavy atom. The van der Waals surface area contributed by atoms with Crippen molar-refractivity contribution in [1.82, 2.24) is 10.6 Å². The Morgan fingerprint density at radius 2 is 1.45 bits per heavy atom. The average Bonchev–Trinajstić information content (AvgIpc) is 2.97. The van der Waals surface area contributed by atoms with E-state index >= 15 is 0 Å². The number of non-ortho nitro benzene ring substituents is 1. The quantitative estimate of drug-likeness (QED) is 0.0942. The predicted octanol–water partition coefficient (Wildman–Crippen LogP) is 2.35. The summed E-state index contributed by atoms with van der Waals surface area (Å²) >= 11 is 0. The van der Waals surface area contributed by atoms with Gasteiger partial charge in [0.25, 0.3) is 11.6 Å². The maximum absolute atomic E-state index is 13.5. The normalized spacial score (nSPS) is 12.2. The van der Waals surface area contributed by atoms with Crippen molar-refractivity contribution in [2.45, 2.75) is 24.9 Å². The molecule has 1 heterocycles. The lowest BCUT2D eigenvalue weighted by Crippen LogP contribution is -2.53. The zero-order chi connectivity index (χ0) is 30.4. The van der Waals surface area contributed by atoms with Crippen LogP contribution in [-0.2, 0) is 27.2 Å². The molecule has 0 saturated heterocycles. The van der Waals surface area contributed by atoms with Gasteiger partial charge in [-0.3, -0.25) is 19.7 Å². The first-order chi connectivity index (χ1) is 20.0. The van der Waals surface area contributed by atoms with E-state index in [0.29, 0.717) is 11.1 Å². The van der Waals surface area contributed by atoms with E-state index in [9.17, 15) is 39.5 Å². The Bertz CT molecular complexity index is 1700. The van der Waals surface area contributed by atoms with Crippen LogP contribution in [-0.4, -0.2) is 52.1 Å². The van der Waals surface area contributed by atoms with Crippen molar-refractivity contribution < 1.29 is 38.7 Å². The summed E-state index contributed by atoms with van der Waals surface area (Å²) in [5.74, 6) is -2.55. The number of phenolic OH excluding ortho intramolecular Hbond substituents is 2. The molecule has 0 saturated carbocycles. The van der Waals surface area contributed by atoms with Gasteiger partial charge in [-0.2, -0.15) is 0 Å². The molecule has 4 N–H and O–H groups in total. The third kappa shape index (κ3) is 7.07. The molecule has 1 aromatic heterocycles.